The van der Waals surface area contributed by atoms with Crippen molar-refractivity contribution in [2.75, 3.05) is 31.6 Å². The fourth-order valence-electron chi connectivity index (χ4n) is 7.57. The number of rotatable bonds is 14. The van der Waals surface area contributed by atoms with Crippen LogP contribution in [-0.2, 0) is 24.5 Å². The first-order valence-electron chi connectivity index (χ1n) is 19.7. The van der Waals surface area contributed by atoms with Crippen LogP contribution in [0.2, 0.25) is 51.4 Å². The summed E-state index contributed by atoms with van der Waals surface area (Å²) >= 11 is 4.04. The van der Waals surface area contributed by atoms with Gasteiger partial charge in [0.15, 0.2) is 17.0 Å². The first-order valence-corrected chi connectivity index (χ1v) is 27.9. The topological polar surface area (TPSA) is 153 Å². The van der Waals surface area contributed by atoms with E-state index in [9.17, 15) is 14.4 Å². The Balaban J connectivity index is 1.40. The molecule has 3 fully saturated rings. The monoisotopic (exact) mass is 870 g/mol. The lowest BCUT2D eigenvalue weighted by Crippen LogP contribution is -2.48. The average molecular weight is 872 g/mol. The molecule has 1 unspecified atom stereocenters. The summed E-state index contributed by atoms with van der Waals surface area (Å²) in [6.45, 7) is 23.3. The molecule has 306 valence electrons. The number of hydrogen-bond acceptors (Lipinski definition) is 10. The first kappa shape index (κ1) is 42.2. The van der Waals surface area contributed by atoms with Crippen molar-refractivity contribution < 1.29 is 28.6 Å². The Bertz CT molecular complexity index is 1910. The van der Waals surface area contributed by atoms with E-state index in [1.54, 1.807) is 25.4 Å². The molecule has 0 spiro atoms. The van der Waals surface area contributed by atoms with Crippen LogP contribution in [0.15, 0.2) is 29.0 Å². The van der Waals surface area contributed by atoms with E-state index in [0.29, 0.717) is 38.0 Å². The quantitative estimate of drug-likeness (QED) is 0.0714. The summed E-state index contributed by atoms with van der Waals surface area (Å²) in [5.74, 6) is 0.381. The lowest BCUT2D eigenvalue weighted by molar-refractivity contribution is -0.123. The molecule has 3 aliphatic rings. The smallest absolute Gasteiger partial charge is 0.410 e. The molecule has 3 aliphatic heterocycles. The normalized spacial score (nSPS) is 22.8. The van der Waals surface area contributed by atoms with Crippen LogP contribution in [0.5, 0.6) is 0 Å². The van der Waals surface area contributed by atoms with Crippen molar-refractivity contribution in [3.63, 3.8) is 0 Å². The van der Waals surface area contributed by atoms with Crippen LogP contribution in [0.4, 0.5) is 15.4 Å². The Morgan fingerprint density at radius 2 is 1.59 bits per heavy atom. The van der Waals surface area contributed by atoms with Gasteiger partial charge in [0.25, 0.3) is 5.91 Å². The second kappa shape index (κ2) is 16.1. The Morgan fingerprint density at radius 3 is 2.09 bits per heavy atom. The van der Waals surface area contributed by atoms with Crippen LogP contribution in [0.1, 0.15) is 70.7 Å². The number of halogens is 1. The molecule has 6 rings (SSSR count). The van der Waals surface area contributed by atoms with Crippen LogP contribution in [0, 0.1) is 0 Å². The summed E-state index contributed by atoms with van der Waals surface area (Å²) < 4.78 is 21.3. The molecule has 0 aromatic carbocycles. The van der Waals surface area contributed by atoms with E-state index in [2.05, 4.69) is 75.7 Å². The van der Waals surface area contributed by atoms with E-state index in [-0.39, 0.29) is 24.1 Å². The number of fused-ring (bicyclic) bond motifs is 3. The molecular formula is C39H59BrN8O6Si2. The molecule has 3 aromatic heterocycles. The van der Waals surface area contributed by atoms with Crippen LogP contribution >= 0.6 is 15.9 Å². The summed E-state index contributed by atoms with van der Waals surface area (Å²) in [5.41, 5.74) is 1.62. The Kier molecular flexibility index (Phi) is 12.1. The fourth-order valence-corrected chi connectivity index (χ4v) is 9.92. The SMILES string of the molecule is CC(C)(C)OC(=O)N1[C@@H]2CC[C@H]1C[C@H](c1nc3c(-c4ccc(C5(C)NC(=O)NC5=O)nc4)cnn3c(N(COCC[Si](C)(C)C)COCC[Si](C)(C)C)c1Br)C2. The number of carbonyl (C=O) groups is 3. The van der Waals surface area contributed by atoms with Crippen molar-refractivity contribution >= 4 is 61.6 Å². The van der Waals surface area contributed by atoms with Gasteiger partial charge in [-0.3, -0.25) is 15.1 Å². The van der Waals surface area contributed by atoms with E-state index in [1.807, 2.05) is 36.3 Å². The molecule has 56 heavy (non-hydrogen) atoms. The first-order chi connectivity index (χ1) is 26.1. The van der Waals surface area contributed by atoms with Gasteiger partial charge in [-0.2, -0.15) is 9.61 Å². The van der Waals surface area contributed by atoms with Gasteiger partial charge in [0, 0.05) is 64.7 Å². The fraction of sp³-hybridized carbons (Fsp3) is 0.641. The zero-order chi connectivity index (χ0) is 40.8. The third-order valence-electron chi connectivity index (χ3n) is 10.7. The number of nitrogens with one attached hydrogen (secondary N) is 2. The standard InChI is InChI=1S/C39H59BrN8O6Si2/c1-38(2,3)54-37(51)47-27-12-13-28(47)20-26(19-27)32-31(40)34(46(23-52-15-17-55(5,6)7)24-53-16-18-56(8,9)10)48-33(43-32)29(22-42-48)25-11-14-30(41-21-25)39(4)35(49)44-36(50)45-39/h11,14,21-22,26-28H,12-13,15-20,23-24H2,1-10H3,(H2,44,45,49,50)/t26-,27-,28+,39?. The number of aromatic nitrogens is 4. The van der Waals surface area contributed by atoms with Gasteiger partial charge in [-0.05, 0) is 87.5 Å². The van der Waals surface area contributed by atoms with Crippen molar-refractivity contribution in [1.82, 2.24) is 35.1 Å². The second-order valence-corrected chi connectivity index (χ2v) is 31.1. The highest BCUT2D eigenvalue weighted by atomic mass is 79.9. The minimum Gasteiger partial charge on any atom is -0.444 e. The number of carbonyl (C=O) groups excluding carboxylic acids is 3. The molecule has 0 radical (unpaired) electrons. The summed E-state index contributed by atoms with van der Waals surface area (Å²) in [4.78, 5) is 52.1. The van der Waals surface area contributed by atoms with E-state index in [0.717, 1.165) is 64.9 Å². The van der Waals surface area contributed by atoms with Crippen molar-refractivity contribution in [3.05, 3.63) is 40.4 Å². The average Bonchev–Trinajstić information content (AvgIpc) is 3.72. The molecule has 3 saturated heterocycles. The zero-order valence-electron chi connectivity index (χ0n) is 34.6. The maximum absolute atomic E-state index is 13.4. The summed E-state index contributed by atoms with van der Waals surface area (Å²) in [7, 11) is -2.67. The number of hydrogen-bond donors (Lipinski definition) is 2. The van der Waals surface area contributed by atoms with Crippen LogP contribution in [0.3, 0.4) is 0 Å². The molecule has 2 bridgehead atoms. The van der Waals surface area contributed by atoms with Crippen LogP contribution in [0.25, 0.3) is 16.8 Å². The molecule has 6 heterocycles. The highest BCUT2D eigenvalue weighted by molar-refractivity contribution is 9.10. The zero-order valence-corrected chi connectivity index (χ0v) is 38.2. The van der Waals surface area contributed by atoms with Gasteiger partial charge < -0.3 is 29.3 Å². The Labute approximate surface area is 341 Å². The number of imide groups is 1. The van der Waals surface area contributed by atoms with E-state index >= 15 is 0 Å². The third kappa shape index (κ3) is 9.48. The number of urea groups is 1. The van der Waals surface area contributed by atoms with Gasteiger partial charge in [-0.25, -0.2) is 14.6 Å². The molecule has 4 atom stereocenters. The molecule has 2 N–H and O–H groups in total. The van der Waals surface area contributed by atoms with Crippen LogP contribution < -0.4 is 15.5 Å². The highest BCUT2D eigenvalue weighted by Crippen LogP contribution is 2.47. The molecular weight excluding hydrogens is 813 g/mol. The molecule has 4 amide bonds. The number of anilines is 1. The lowest BCUT2D eigenvalue weighted by atomic mass is 9.88. The van der Waals surface area contributed by atoms with Crippen molar-refractivity contribution in [2.24, 2.45) is 0 Å². The van der Waals surface area contributed by atoms with Gasteiger partial charge >= 0.3 is 12.1 Å². The van der Waals surface area contributed by atoms with Gasteiger partial charge in [-0.15, -0.1) is 0 Å². The van der Waals surface area contributed by atoms with E-state index in [4.69, 9.17) is 24.3 Å². The Hall–Kier alpha value is -3.39. The third-order valence-corrected chi connectivity index (χ3v) is 14.9. The van der Waals surface area contributed by atoms with Crippen LogP contribution in [-0.4, -0.2) is 103 Å². The lowest BCUT2D eigenvalue weighted by Gasteiger charge is -2.39. The minimum atomic E-state index is -1.33. The van der Waals surface area contributed by atoms with Gasteiger partial charge in [-0.1, -0.05) is 45.3 Å². The molecule has 17 heteroatoms. The minimum absolute atomic E-state index is 0.0450. The molecule has 14 nitrogen and oxygen atoms in total. The molecule has 0 saturated carbocycles. The van der Waals surface area contributed by atoms with E-state index in [1.165, 1.54) is 0 Å². The number of piperidine rings is 1. The predicted molar refractivity (Wildman–Crippen MR) is 225 cm³/mol. The van der Waals surface area contributed by atoms with Gasteiger partial charge in [0.1, 0.15) is 19.1 Å². The van der Waals surface area contributed by atoms with Crippen molar-refractivity contribution in [2.45, 2.75) is 134 Å². The number of nitrogens with zero attached hydrogens (tertiary/aromatic N) is 6. The van der Waals surface area contributed by atoms with E-state index < -0.39 is 39.2 Å². The maximum atomic E-state index is 13.4. The van der Waals surface area contributed by atoms with Gasteiger partial charge in [0.2, 0.25) is 0 Å². The van der Waals surface area contributed by atoms with Gasteiger partial charge in [0.05, 0.1) is 22.1 Å². The molecule has 0 aliphatic carbocycles. The number of pyridine rings is 1. The highest BCUT2D eigenvalue weighted by Gasteiger charge is 2.47. The van der Waals surface area contributed by atoms with Crippen molar-refractivity contribution in [1.29, 1.82) is 0 Å². The number of ether oxygens (including phenoxy) is 3. The largest absolute Gasteiger partial charge is 0.444 e. The Morgan fingerprint density at radius 1 is 0.982 bits per heavy atom. The maximum Gasteiger partial charge on any atom is 0.410 e. The summed E-state index contributed by atoms with van der Waals surface area (Å²) in [5, 5.41) is 9.90. The summed E-state index contributed by atoms with van der Waals surface area (Å²) in [6.07, 6.45) is 6.57. The number of amides is 4. The summed E-state index contributed by atoms with van der Waals surface area (Å²) in [6, 6.07) is 5.24. The molecule has 3 aromatic rings. The van der Waals surface area contributed by atoms with Crippen molar-refractivity contribution in [3.8, 4) is 11.1 Å². The second-order valence-electron chi connectivity index (χ2n) is 19.1. The predicted octanol–water partition coefficient (Wildman–Crippen LogP) is 7.68.